The van der Waals surface area contributed by atoms with Crippen LogP contribution in [-0.4, -0.2) is 11.1 Å². The molecule has 58 valence electrons. The van der Waals surface area contributed by atoms with Crippen LogP contribution in [-0.2, 0) is 4.79 Å². The zero-order valence-electron chi connectivity index (χ0n) is 5.91. The van der Waals surface area contributed by atoms with Crippen LogP contribution in [0.25, 0.3) is 5.57 Å². The lowest BCUT2D eigenvalue weighted by Crippen LogP contribution is -1.94. The van der Waals surface area contributed by atoms with E-state index in [4.69, 9.17) is 9.52 Å². The Morgan fingerprint density at radius 2 is 2.45 bits per heavy atom. The van der Waals surface area contributed by atoms with Crippen molar-refractivity contribution in [2.75, 3.05) is 0 Å². The minimum Gasteiger partial charge on any atom is -0.481 e. The summed E-state index contributed by atoms with van der Waals surface area (Å²) in [5.74, 6) is -0.362. The monoisotopic (exact) mass is 152 g/mol. The number of carboxylic acids is 1. The summed E-state index contributed by atoms with van der Waals surface area (Å²) >= 11 is 0. The summed E-state index contributed by atoms with van der Waals surface area (Å²) in [6.07, 6.45) is 1.41. The van der Waals surface area contributed by atoms with E-state index in [2.05, 4.69) is 6.58 Å². The van der Waals surface area contributed by atoms with Crippen molar-refractivity contribution < 1.29 is 14.3 Å². The van der Waals surface area contributed by atoms with Gasteiger partial charge in [-0.3, -0.25) is 4.79 Å². The first-order chi connectivity index (χ1) is 5.20. The van der Waals surface area contributed by atoms with Gasteiger partial charge >= 0.3 is 5.97 Å². The smallest absolute Gasteiger partial charge is 0.307 e. The molecule has 0 unspecified atom stereocenters. The zero-order chi connectivity index (χ0) is 8.27. The molecule has 3 heteroatoms. The van der Waals surface area contributed by atoms with Gasteiger partial charge in [0, 0.05) is 0 Å². The lowest BCUT2D eigenvalue weighted by atomic mass is 10.2. The first-order valence-corrected chi connectivity index (χ1v) is 3.13. The molecule has 0 bridgehead atoms. The third-order valence-corrected chi connectivity index (χ3v) is 1.23. The van der Waals surface area contributed by atoms with Gasteiger partial charge in [-0.1, -0.05) is 6.58 Å². The molecular formula is C8H8O3. The first kappa shape index (κ1) is 7.60. The lowest BCUT2D eigenvalue weighted by molar-refractivity contribution is -0.135. The molecule has 3 nitrogen and oxygen atoms in total. The Kier molecular flexibility index (Phi) is 2.11. The molecular weight excluding hydrogens is 144 g/mol. The molecule has 11 heavy (non-hydrogen) atoms. The van der Waals surface area contributed by atoms with Crippen molar-refractivity contribution in [2.45, 2.75) is 6.42 Å². The molecule has 0 aliphatic heterocycles. The van der Waals surface area contributed by atoms with Crippen LogP contribution in [0.3, 0.4) is 0 Å². The summed E-state index contributed by atoms with van der Waals surface area (Å²) in [5, 5.41) is 8.38. The number of carboxylic acid groups (broad SMARTS) is 1. The fraction of sp³-hybridized carbons (Fsp3) is 0.125. The van der Waals surface area contributed by atoms with Gasteiger partial charge in [0.05, 0.1) is 12.7 Å². The third kappa shape index (κ3) is 1.97. The molecule has 0 amide bonds. The highest BCUT2D eigenvalue weighted by Crippen LogP contribution is 2.15. The molecule has 0 aliphatic rings. The van der Waals surface area contributed by atoms with Crippen molar-refractivity contribution in [2.24, 2.45) is 0 Å². The Morgan fingerprint density at radius 3 is 2.91 bits per heavy atom. The highest BCUT2D eigenvalue weighted by Gasteiger charge is 2.05. The maximum atomic E-state index is 10.2. The largest absolute Gasteiger partial charge is 0.481 e. The Balaban J connectivity index is 2.64. The maximum Gasteiger partial charge on any atom is 0.307 e. The molecule has 1 aromatic heterocycles. The number of aliphatic carboxylic acids is 1. The second-order valence-electron chi connectivity index (χ2n) is 2.15. The second-order valence-corrected chi connectivity index (χ2v) is 2.15. The Morgan fingerprint density at radius 1 is 1.73 bits per heavy atom. The molecule has 0 fully saturated rings. The van der Waals surface area contributed by atoms with Gasteiger partial charge in [-0.05, 0) is 17.7 Å². The molecule has 1 aromatic rings. The van der Waals surface area contributed by atoms with Crippen molar-refractivity contribution >= 4 is 11.5 Å². The molecule has 0 spiro atoms. The average Bonchev–Trinajstić information content (AvgIpc) is 2.35. The molecule has 0 saturated carbocycles. The van der Waals surface area contributed by atoms with Crippen molar-refractivity contribution in [3.8, 4) is 0 Å². The average molecular weight is 152 g/mol. The van der Waals surface area contributed by atoms with Crippen LogP contribution < -0.4 is 0 Å². The fourth-order valence-electron chi connectivity index (χ4n) is 0.749. The van der Waals surface area contributed by atoms with Crippen LogP contribution in [0.2, 0.25) is 0 Å². The van der Waals surface area contributed by atoms with Gasteiger partial charge in [-0.15, -0.1) is 0 Å². The number of rotatable bonds is 3. The predicted octanol–water partition coefficient (Wildman–Crippen LogP) is 1.77. The molecule has 1 rings (SSSR count). The van der Waals surface area contributed by atoms with Crippen LogP contribution >= 0.6 is 0 Å². The Bertz CT molecular complexity index is 259. The number of hydrogen-bond acceptors (Lipinski definition) is 2. The number of hydrogen-bond donors (Lipinski definition) is 1. The minimum atomic E-state index is -0.897. The maximum absolute atomic E-state index is 10.2. The van der Waals surface area contributed by atoms with Crippen molar-refractivity contribution in [1.29, 1.82) is 0 Å². The third-order valence-electron chi connectivity index (χ3n) is 1.23. The second kappa shape index (κ2) is 3.05. The molecule has 0 radical (unpaired) electrons. The van der Waals surface area contributed by atoms with E-state index in [1.165, 1.54) is 6.26 Å². The van der Waals surface area contributed by atoms with E-state index in [-0.39, 0.29) is 6.42 Å². The normalized spacial score (nSPS) is 9.45. The van der Waals surface area contributed by atoms with Gasteiger partial charge in [0.15, 0.2) is 0 Å². The van der Waals surface area contributed by atoms with E-state index < -0.39 is 5.97 Å². The van der Waals surface area contributed by atoms with E-state index in [1.807, 2.05) is 0 Å². The SMILES string of the molecule is C=C(CC(=O)O)c1ccco1. The van der Waals surface area contributed by atoms with E-state index in [9.17, 15) is 4.79 Å². The molecule has 1 N–H and O–H groups in total. The van der Waals surface area contributed by atoms with Crippen LogP contribution in [0.1, 0.15) is 12.2 Å². The molecule has 0 aliphatic carbocycles. The predicted molar refractivity (Wildman–Crippen MR) is 40.0 cm³/mol. The Labute approximate surface area is 64.0 Å². The van der Waals surface area contributed by atoms with E-state index in [0.717, 1.165) is 0 Å². The van der Waals surface area contributed by atoms with Gasteiger partial charge in [-0.2, -0.15) is 0 Å². The number of carbonyl (C=O) groups is 1. The van der Waals surface area contributed by atoms with Gasteiger partial charge in [-0.25, -0.2) is 0 Å². The molecule has 0 saturated heterocycles. The van der Waals surface area contributed by atoms with E-state index >= 15 is 0 Å². The van der Waals surface area contributed by atoms with E-state index in [0.29, 0.717) is 11.3 Å². The van der Waals surface area contributed by atoms with Crippen molar-refractivity contribution in [1.82, 2.24) is 0 Å². The van der Waals surface area contributed by atoms with Crippen LogP contribution in [0.4, 0.5) is 0 Å². The van der Waals surface area contributed by atoms with Gasteiger partial charge in [0.25, 0.3) is 0 Å². The molecule has 1 heterocycles. The summed E-state index contributed by atoms with van der Waals surface area (Å²) < 4.78 is 4.93. The van der Waals surface area contributed by atoms with Crippen LogP contribution in [0.15, 0.2) is 29.4 Å². The minimum absolute atomic E-state index is 0.0759. The highest BCUT2D eigenvalue weighted by molar-refractivity contribution is 5.81. The Hall–Kier alpha value is -1.51. The first-order valence-electron chi connectivity index (χ1n) is 3.13. The van der Waals surface area contributed by atoms with Gasteiger partial charge in [0.1, 0.15) is 5.76 Å². The summed E-state index contributed by atoms with van der Waals surface area (Å²) in [7, 11) is 0. The lowest BCUT2D eigenvalue weighted by Gasteiger charge is -1.95. The van der Waals surface area contributed by atoms with Gasteiger partial charge < -0.3 is 9.52 Å². The van der Waals surface area contributed by atoms with Crippen LogP contribution in [0.5, 0.6) is 0 Å². The summed E-state index contributed by atoms with van der Waals surface area (Å²) in [6, 6.07) is 3.38. The standard InChI is InChI=1S/C8H8O3/c1-6(5-8(9)10)7-3-2-4-11-7/h2-4H,1,5H2,(H,9,10). The van der Waals surface area contributed by atoms with Gasteiger partial charge in [0.2, 0.25) is 0 Å². The molecule has 0 atom stereocenters. The highest BCUT2D eigenvalue weighted by atomic mass is 16.4. The summed E-state index contributed by atoms with van der Waals surface area (Å²) in [6.45, 7) is 3.56. The van der Waals surface area contributed by atoms with Crippen molar-refractivity contribution in [3.63, 3.8) is 0 Å². The summed E-state index contributed by atoms with van der Waals surface area (Å²) in [5.41, 5.74) is 0.488. The summed E-state index contributed by atoms with van der Waals surface area (Å²) in [4.78, 5) is 10.2. The quantitative estimate of drug-likeness (QED) is 0.718. The van der Waals surface area contributed by atoms with Crippen molar-refractivity contribution in [3.05, 3.63) is 30.7 Å². The zero-order valence-corrected chi connectivity index (χ0v) is 5.91. The van der Waals surface area contributed by atoms with E-state index in [1.54, 1.807) is 12.1 Å². The van der Waals surface area contributed by atoms with Crippen LogP contribution in [0, 0.1) is 0 Å². The number of furan rings is 1. The topological polar surface area (TPSA) is 50.4 Å². The fourth-order valence-corrected chi connectivity index (χ4v) is 0.749. The molecule has 0 aromatic carbocycles.